The van der Waals surface area contributed by atoms with Crippen molar-refractivity contribution >= 4 is 17.4 Å². The summed E-state index contributed by atoms with van der Waals surface area (Å²) < 4.78 is 12.9. The van der Waals surface area contributed by atoms with Crippen molar-refractivity contribution in [3.63, 3.8) is 0 Å². The number of nitro groups is 1. The van der Waals surface area contributed by atoms with Crippen molar-refractivity contribution < 1.29 is 29.1 Å². The average Bonchev–Trinajstić information content (AvgIpc) is 2.76. The number of rotatable bonds is 4. The molecule has 2 bridgehead atoms. The number of aromatic nitrogens is 1. The Morgan fingerprint density at radius 3 is 2.77 bits per heavy atom. The molecule has 1 aromatic heterocycles. The number of carbonyl (C=O) groups excluding carboxylic acids is 2. The predicted molar refractivity (Wildman–Crippen MR) is 122 cm³/mol. The molecule has 0 aliphatic carbocycles. The number of ether oxygens (including phenoxy) is 2. The maximum absolute atomic E-state index is 12.9. The Bertz CT molecular complexity index is 1310. The minimum atomic E-state index is -0.713. The number of piperidine rings is 1. The van der Waals surface area contributed by atoms with Crippen LogP contribution in [0.25, 0.3) is 0 Å². The summed E-state index contributed by atoms with van der Waals surface area (Å²) >= 11 is 0. The highest BCUT2D eigenvalue weighted by Crippen LogP contribution is 2.41. The molecule has 0 spiro atoms. The van der Waals surface area contributed by atoms with Gasteiger partial charge in [-0.15, -0.1) is 0 Å². The van der Waals surface area contributed by atoms with Crippen molar-refractivity contribution in [2.24, 2.45) is 5.92 Å². The van der Waals surface area contributed by atoms with E-state index in [0.29, 0.717) is 25.3 Å². The quantitative estimate of drug-likeness (QED) is 0.516. The summed E-state index contributed by atoms with van der Waals surface area (Å²) in [6.45, 7) is 4.38. The standard InChI is InChI=1S/C24H25N3O8/c1-24(2)8-19(29)22-18(28)6-15(7-20(22)35-24)34-12-21(30)25-9-13-5-14(11-25)16-3-4-17(27(32)33)23(31)26(16)10-13/h3-4,6-7,13-14,28H,5,8-12H2,1-2H3/t13-,14-/m0/s1. The molecular formula is C24H25N3O8. The first-order chi connectivity index (χ1) is 16.5. The fourth-order valence-electron chi connectivity index (χ4n) is 5.34. The van der Waals surface area contributed by atoms with Crippen LogP contribution < -0.4 is 15.0 Å². The maximum Gasteiger partial charge on any atom is 0.334 e. The summed E-state index contributed by atoms with van der Waals surface area (Å²) in [5, 5.41) is 21.4. The fraction of sp³-hybridized carbons (Fsp3) is 0.458. The largest absolute Gasteiger partial charge is 0.507 e. The highest BCUT2D eigenvalue weighted by atomic mass is 16.6. The van der Waals surface area contributed by atoms with Gasteiger partial charge in [0.2, 0.25) is 0 Å². The van der Waals surface area contributed by atoms with E-state index in [1.165, 1.54) is 22.8 Å². The third-order valence-corrected chi connectivity index (χ3v) is 6.80. The molecule has 3 aliphatic rings. The second kappa shape index (κ2) is 8.10. The van der Waals surface area contributed by atoms with Crippen LogP contribution in [0.15, 0.2) is 29.1 Å². The summed E-state index contributed by atoms with van der Waals surface area (Å²) in [5.74, 6) is -0.408. The van der Waals surface area contributed by atoms with Gasteiger partial charge in [-0.25, -0.2) is 0 Å². The lowest BCUT2D eigenvalue weighted by molar-refractivity contribution is -0.386. The first kappa shape index (κ1) is 22.9. The SMILES string of the molecule is CC1(C)CC(=O)c2c(O)cc(OCC(=O)N3C[C@@H]4C[C@@H](C3)c3ccc([N+](=O)[O-])c(=O)n3C4)cc2O1. The zero-order valence-electron chi connectivity index (χ0n) is 19.4. The van der Waals surface area contributed by atoms with Crippen molar-refractivity contribution in [2.75, 3.05) is 19.7 Å². The Hall–Kier alpha value is -3.89. The van der Waals surface area contributed by atoms with Crippen LogP contribution in [0.2, 0.25) is 0 Å². The number of benzene rings is 1. The minimum Gasteiger partial charge on any atom is -0.507 e. The molecule has 1 fully saturated rings. The lowest BCUT2D eigenvalue weighted by Gasteiger charge is -2.42. The summed E-state index contributed by atoms with van der Waals surface area (Å²) in [6.07, 6.45) is 0.938. The molecule has 184 valence electrons. The smallest absolute Gasteiger partial charge is 0.334 e. The van der Waals surface area contributed by atoms with Crippen molar-refractivity contribution in [1.82, 2.24) is 9.47 Å². The van der Waals surface area contributed by atoms with Crippen LogP contribution in [0.5, 0.6) is 17.2 Å². The van der Waals surface area contributed by atoms with Crippen LogP contribution in [0, 0.1) is 16.0 Å². The maximum atomic E-state index is 12.9. The van der Waals surface area contributed by atoms with Crippen molar-refractivity contribution in [2.45, 2.75) is 44.8 Å². The molecule has 2 aromatic rings. The summed E-state index contributed by atoms with van der Waals surface area (Å²) in [5.41, 5.74) is -0.964. The first-order valence-corrected chi connectivity index (χ1v) is 11.4. The van der Waals surface area contributed by atoms with Gasteiger partial charge in [0, 0.05) is 49.4 Å². The molecule has 11 nitrogen and oxygen atoms in total. The Morgan fingerprint density at radius 2 is 2.03 bits per heavy atom. The molecule has 0 radical (unpaired) electrons. The number of aromatic hydroxyl groups is 1. The Balaban J connectivity index is 1.29. The zero-order chi connectivity index (χ0) is 25.1. The summed E-state index contributed by atoms with van der Waals surface area (Å²) in [4.78, 5) is 50.0. The van der Waals surface area contributed by atoms with Gasteiger partial charge in [0.15, 0.2) is 12.4 Å². The van der Waals surface area contributed by atoms with Gasteiger partial charge < -0.3 is 24.0 Å². The van der Waals surface area contributed by atoms with E-state index in [2.05, 4.69) is 0 Å². The van der Waals surface area contributed by atoms with Crippen LogP contribution in [-0.2, 0) is 11.3 Å². The van der Waals surface area contributed by atoms with Crippen LogP contribution in [0.4, 0.5) is 5.69 Å². The number of hydrogen-bond donors (Lipinski definition) is 1. The van der Waals surface area contributed by atoms with E-state index in [9.17, 15) is 29.6 Å². The Labute approximate surface area is 200 Å². The van der Waals surface area contributed by atoms with Gasteiger partial charge in [-0.3, -0.25) is 24.5 Å². The van der Waals surface area contributed by atoms with E-state index in [0.717, 1.165) is 6.42 Å². The number of hydrogen-bond acceptors (Lipinski definition) is 8. The number of nitrogens with zero attached hydrogens (tertiary/aromatic N) is 3. The van der Waals surface area contributed by atoms with Crippen LogP contribution in [-0.4, -0.2) is 56.5 Å². The second-order valence-corrected chi connectivity index (χ2v) is 9.98. The lowest BCUT2D eigenvalue weighted by atomic mass is 9.83. The van der Waals surface area contributed by atoms with Gasteiger partial charge >= 0.3 is 11.2 Å². The normalized spacial score (nSPS) is 22.0. The van der Waals surface area contributed by atoms with Gasteiger partial charge in [-0.2, -0.15) is 0 Å². The first-order valence-electron chi connectivity index (χ1n) is 11.4. The topological polar surface area (TPSA) is 141 Å². The lowest BCUT2D eigenvalue weighted by Crippen LogP contribution is -2.50. The van der Waals surface area contributed by atoms with Crippen molar-refractivity contribution in [3.05, 3.63) is 56.0 Å². The summed E-state index contributed by atoms with van der Waals surface area (Å²) in [7, 11) is 0. The number of Topliss-reactive ketones (excluding diaryl/α,β-unsaturated/α-hetero) is 1. The number of likely N-dealkylation sites (tertiary alicyclic amines) is 1. The van der Waals surface area contributed by atoms with Crippen LogP contribution in [0.1, 0.15) is 48.7 Å². The predicted octanol–water partition coefficient (Wildman–Crippen LogP) is 2.23. The van der Waals surface area contributed by atoms with E-state index in [-0.39, 0.29) is 59.4 Å². The molecule has 0 saturated carbocycles. The molecule has 1 amide bonds. The van der Waals surface area contributed by atoms with Gasteiger partial charge in [0.05, 0.1) is 11.3 Å². The molecule has 1 N–H and O–H groups in total. The Morgan fingerprint density at radius 1 is 1.26 bits per heavy atom. The molecule has 11 heteroatoms. The van der Waals surface area contributed by atoms with E-state index in [1.54, 1.807) is 24.8 Å². The van der Waals surface area contributed by atoms with Gasteiger partial charge in [-0.05, 0) is 32.3 Å². The fourth-order valence-corrected chi connectivity index (χ4v) is 5.34. The van der Waals surface area contributed by atoms with Crippen LogP contribution >= 0.6 is 0 Å². The molecule has 4 heterocycles. The Kier molecular flexibility index (Phi) is 5.30. The van der Waals surface area contributed by atoms with E-state index in [4.69, 9.17) is 9.47 Å². The molecule has 5 rings (SSSR count). The average molecular weight is 483 g/mol. The third kappa shape index (κ3) is 4.11. The number of phenolic OH excluding ortho intramolecular Hbond substituents is 1. The number of pyridine rings is 1. The summed E-state index contributed by atoms with van der Waals surface area (Å²) in [6, 6.07) is 5.63. The monoisotopic (exact) mass is 483 g/mol. The molecule has 3 aliphatic heterocycles. The van der Waals surface area contributed by atoms with E-state index in [1.807, 2.05) is 0 Å². The van der Waals surface area contributed by atoms with E-state index < -0.39 is 21.8 Å². The molecular weight excluding hydrogens is 458 g/mol. The number of ketones is 1. The van der Waals surface area contributed by atoms with Crippen molar-refractivity contribution in [1.29, 1.82) is 0 Å². The number of carbonyl (C=O) groups is 2. The second-order valence-electron chi connectivity index (χ2n) is 9.98. The molecule has 0 unspecified atom stereocenters. The molecule has 2 atom stereocenters. The molecule has 1 saturated heterocycles. The highest BCUT2D eigenvalue weighted by Gasteiger charge is 2.38. The third-order valence-electron chi connectivity index (χ3n) is 6.80. The number of phenols is 1. The zero-order valence-corrected chi connectivity index (χ0v) is 19.4. The minimum absolute atomic E-state index is 0.000614. The van der Waals surface area contributed by atoms with E-state index >= 15 is 0 Å². The molecule has 1 aromatic carbocycles. The van der Waals surface area contributed by atoms with Crippen molar-refractivity contribution in [3.8, 4) is 17.2 Å². The highest BCUT2D eigenvalue weighted by molar-refractivity contribution is 6.03. The number of amides is 1. The molecule has 35 heavy (non-hydrogen) atoms. The number of fused-ring (bicyclic) bond motifs is 5. The van der Waals surface area contributed by atoms with Gasteiger partial charge in [0.1, 0.15) is 28.4 Å². The van der Waals surface area contributed by atoms with Gasteiger partial charge in [0.25, 0.3) is 5.91 Å². The van der Waals surface area contributed by atoms with Gasteiger partial charge in [-0.1, -0.05) is 0 Å². The van der Waals surface area contributed by atoms with Crippen LogP contribution in [0.3, 0.4) is 0 Å².